The quantitative estimate of drug-likeness (QED) is 0.294. The summed E-state index contributed by atoms with van der Waals surface area (Å²) in [6, 6.07) is 21.7. The number of amides is 1. The Hall–Kier alpha value is -3.38. The first-order valence-corrected chi connectivity index (χ1v) is 11.6. The summed E-state index contributed by atoms with van der Waals surface area (Å²) in [5.41, 5.74) is 3.23. The smallest absolute Gasteiger partial charge is 0.295 e. The number of nitrogens with zero attached hydrogens (tertiary/aromatic N) is 1. The molecule has 0 saturated carbocycles. The molecule has 0 aromatic heterocycles. The van der Waals surface area contributed by atoms with E-state index in [1.54, 1.807) is 6.07 Å². The minimum atomic E-state index is -0.703. The zero-order valence-electron chi connectivity index (χ0n) is 18.0. The van der Waals surface area contributed by atoms with Crippen molar-refractivity contribution in [1.29, 1.82) is 0 Å². The van der Waals surface area contributed by atoms with E-state index in [1.165, 1.54) is 4.90 Å². The lowest BCUT2D eigenvalue weighted by atomic mass is 9.94. The molecule has 2 atom stereocenters. The van der Waals surface area contributed by atoms with Gasteiger partial charge in [0, 0.05) is 23.0 Å². The third-order valence-electron chi connectivity index (χ3n) is 6.07. The van der Waals surface area contributed by atoms with Gasteiger partial charge in [0.25, 0.3) is 11.7 Å². The van der Waals surface area contributed by atoms with Crippen molar-refractivity contribution in [3.63, 3.8) is 0 Å². The number of carbonyl (C=O) groups excluding carboxylic acids is 2. The average molecular weight is 504 g/mol. The van der Waals surface area contributed by atoms with E-state index in [0.29, 0.717) is 5.56 Å². The molecular formula is C27H22BrNO4. The van der Waals surface area contributed by atoms with Crippen molar-refractivity contribution in [2.75, 3.05) is 0 Å². The molecule has 2 aliphatic rings. The number of halogens is 1. The second kappa shape index (κ2) is 8.52. The second-order valence-corrected chi connectivity index (χ2v) is 9.34. The lowest BCUT2D eigenvalue weighted by Crippen LogP contribution is -2.29. The molecule has 1 saturated heterocycles. The SMILES string of the molecule is C[C@H]1Cc2cc(C(O)=C3C(=O)C(=O)N(Cc4ccccc4)[C@H]3c3cccc(Br)c3)ccc2O1. The minimum absolute atomic E-state index is 0.0653. The Labute approximate surface area is 200 Å². The van der Waals surface area contributed by atoms with Crippen molar-refractivity contribution >= 4 is 33.4 Å². The maximum atomic E-state index is 13.2. The van der Waals surface area contributed by atoms with Crippen LogP contribution in [0.3, 0.4) is 0 Å². The van der Waals surface area contributed by atoms with Gasteiger partial charge in [-0.25, -0.2) is 0 Å². The van der Waals surface area contributed by atoms with Crippen molar-refractivity contribution in [3.8, 4) is 5.75 Å². The standard InChI is InChI=1S/C27H22BrNO4/c1-16-12-20-13-19(10-11-22(20)33-16)25(30)23-24(18-8-5-9-21(28)14-18)29(27(32)26(23)31)15-17-6-3-2-4-7-17/h2-11,13-14,16,24,30H,12,15H2,1H3/t16-,24-/m0/s1. The molecule has 0 spiro atoms. The number of carbonyl (C=O) groups is 2. The summed E-state index contributed by atoms with van der Waals surface area (Å²) in [4.78, 5) is 27.9. The van der Waals surface area contributed by atoms with Crippen molar-refractivity contribution in [1.82, 2.24) is 4.90 Å². The van der Waals surface area contributed by atoms with Crippen LogP contribution >= 0.6 is 15.9 Å². The Morgan fingerprint density at radius 2 is 1.85 bits per heavy atom. The van der Waals surface area contributed by atoms with E-state index in [-0.39, 0.29) is 24.0 Å². The summed E-state index contributed by atoms with van der Waals surface area (Å²) < 4.78 is 6.59. The Kier molecular flexibility index (Phi) is 5.54. The normalized spacial score (nSPS) is 21.2. The predicted octanol–water partition coefficient (Wildman–Crippen LogP) is 5.39. The number of hydrogen-bond donors (Lipinski definition) is 1. The fourth-order valence-corrected chi connectivity index (χ4v) is 4.99. The number of aliphatic hydroxyl groups is 1. The molecule has 5 nitrogen and oxygen atoms in total. The molecule has 2 aliphatic heterocycles. The van der Waals surface area contributed by atoms with Crippen LogP contribution in [0.25, 0.3) is 5.76 Å². The van der Waals surface area contributed by atoms with Crippen LogP contribution < -0.4 is 4.74 Å². The maximum absolute atomic E-state index is 13.2. The fourth-order valence-electron chi connectivity index (χ4n) is 4.57. The summed E-state index contributed by atoms with van der Waals surface area (Å²) in [6.07, 6.45) is 0.795. The molecule has 3 aromatic rings. The number of ketones is 1. The molecule has 2 heterocycles. The fraction of sp³-hybridized carbons (Fsp3) is 0.185. The van der Waals surface area contributed by atoms with E-state index < -0.39 is 17.7 Å². The number of Topliss-reactive ketones (excluding diaryl/α,β-unsaturated/α-hetero) is 1. The topological polar surface area (TPSA) is 66.8 Å². The lowest BCUT2D eigenvalue weighted by molar-refractivity contribution is -0.140. The third-order valence-corrected chi connectivity index (χ3v) is 6.56. The van der Waals surface area contributed by atoms with E-state index in [4.69, 9.17) is 4.74 Å². The molecule has 1 amide bonds. The minimum Gasteiger partial charge on any atom is -0.507 e. The first-order valence-electron chi connectivity index (χ1n) is 10.8. The van der Waals surface area contributed by atoms with Gasteiger partial charge in [0.15, 0.2) is 0 Å². The Morgan fingerprint density at radius 1 is 1.06 bits per heavy atom. The zero-order chi connectivity index (χ0) is 23.1. The molecule has 1 N–H and O–H groups in total. The summed E-state index contributed by atoms with van der Waals surface area (Å²) in [5, 5.41) is 11.3. The first-order chi connectivity index (χ1) is 15.9. The van der Waals surface area contributed by atoms with Crippen LogP contribution in [0.5, 0.6) is 5.75 Å². The van der Waals surface area contributed by atoms with Crippen LogP contribution in [-0.2, 0) is 22.6 Å². The highest BCUT2D eigenvalue weighted by molar-refractivity contribution is 9.10. The molecule has 33 heavy (non-hydrogen) atoms. The Bertz CT molecular complexity index is 1280. The van der Waals surface area contributed by atoms with Gasteiger partial charge in [0.2, 0.25) is 0 Å². The van der Waals surface area contributed by atoms with Gasteiger partial charge in [0.1, 0.15) is 17.6 Å². The number of fused-ring (bicyclic) bond motifs is 1. The highest BCUT2D eigenvalue weighted by Crippen LogP contribution is 2.41. The number of benzene rings is 3. The van der Waals surface area contributed by atoms with Gasteiger partial charge >= 0.3 is 0 Å². The third kappa shape index (κ3) is 3.95. The molecule has 1 fully saturated rings. The molecule has 0 radical (unpaired) electrons. The predicted molar refractivity (Wildman–Crippen MR) is 129 cm³/mol. The van der Waals surface area contributed by atoms with Gasteiger partial charge in [-0.05, 0) is 53.9 Å². The van der Waals surface area contributed by atoms with Crippen molar-refractivity contribution < 1.29 is 19.4 Å². The largest absolute Gasteiger partial charge is 0.507 e. The highest BCUT2D eigenvalue weighted by Gasteiger charge is 2.46. The Balaban J connectivity index is 1.64. The highest BCUT2D eigenvalue weighted by atomic mass is 79.9. The molecule has 3 aromatic carbocycles. The zero-order valence-corrected chi connectivity index (χ0v) is 19.6. The summed E-state index contributed by atoms with van der Waals surface area (Å²) in [7, 11) is 0. The van der Waals surface area contributed by atoms with E-state index in [9.17, 15) is 14.7 Å². The first kappa shape index (κ1) is 21.5. The van der Waals surface area contributed by atoms with Crippen LogP contribution in [0.15, 0.2) is 82.8 Å². The van der Waals surface area contributed by atoms with Crippen molar-refractivity contribution in [2.45, 2.75) is 32.0 Å². The molecule has 6 heteroatoms. The molecule has 166 valence electrons. The molecule has 0 bridgehead atoms. The lowest BCUT2D eigenvalue weighted by Gasteiger charge is -2.25. The van der Waals surface area contributed by atoms with E-state index >= 15 is 0 Å². The van der Waals surface area contributed by atoms with Crippen molar-refractivity contribution in [3.05, 3.63) is 105 Å². The number of ether oxygens (including phenoxy) is 1. The van der Waals surface area contributed by atoms with Gasteiger partial charge in [-0.3, -0.25) is 9.59 Å². The van der Waals surface area contributed by atoms with Crippen LogP contribution in [-0.4, -0.2) is 27.8 Å². The molecule has 5 rings (SSSR count). The molecule has 0 aliphatic carbocycles. The molecular weight excluding hydrogens is 482 g/mol. The number of aliphatic hydroxyl groups excluding tert-OH is 1. The van der Waals surface area contributed by atoms with Crippen LogP contribution in [0.1, 0.15) is 35.2 Å². The summed E-state index contributed by atoms with van der Waals surface area (Å²) >= 11 is 3.49. The van der Waals surface area contributed by atoms with Gasteiger partial charge in [-0.2, -0.15) is 0 Å². The second-order valence-electron chi connectivity index (χ2n) is 8.42. The Morgan fingerprint density at radius 3 is 2.61 bits per heavy atom. The molecule has 0 unspecified atom stereocenters. The van der Waals surface area contributed by atoms with Crippen LogP contribution in [0, 0.1) is 0 Å². The van der Waals surface area contributed by atoms with E-state index in [1.807, 2.05) is 73.7 Å². The van der Waals surface area contributed by atoms with Gasteiger partial charge < -0.3 is 14.7 Å². The maximum Gasteiger partial charge on any atom is 0.295 e. The number of rotatable bonds is 4. The summed E-state index contributed by atoms with van der Waals surface area (Å²) in [6.45, 7) is 2.25. The monoisotopic (exact) mass is 503 g/mol. The summed E-state index contributed by atoms with van der Waals surface area (Å²) in [5.74, 6) is -0.689. The van der Waals surface area contributed by atoms with Gasteiger partial charge in [0.05, 0.1) is 11.6 Å². The van der Waals surface area contributed by atoms with Gasteiger partial charge in [-0.1, -0.05) is 58.4 Å². The average Bonchev–Trinajstić information content (AvgIpc) is 3.30. The van der Waals surface area contributed by atoms with Crippen LogP contribution in [0.2, 0.25) is 0 Å². The van der Waals surface area contributed by atoms with Gasteiger partial charge in [-0.15, -0.1) is 0 Å². The van der Waals surface area contributed by atoms with Crippen LogP contribution in [0.4, 0.5) is 0 Å². The van der Waals surface area contributed by atoms with E-state index in [2.05, 4.69) is 15.9 Å². The number of hydrogen-bond acceptors (Lipinski definition) is 4. The van der Waals surface area contributed by atoms with Crippen molar-refractivity contribution in [2.24, 2.45) is 0 Å². The number of likely N-dealkylation sites (tertiary alicyclic amines) is 1. The van der Waals surface area contributed by atoms with E-state index in [0.717, 1.165) is 33.3 Å².